The van der Waals surface area contributed by atoms with Crippen LogP contribution in [-0.2, 0) is 0 Å². The van der Waals surface area contributed by atoms with Crippen molar-refractivity contribution < 1.29 is 9.53 Å². The van der Waals surface area contributed by atoms with E-state index in [2.05, 4.69) is 22.3 Å². The Bertz CT molecular complexity index is 610. The topological polar surface area (TPSA) is 41.6 Å². The maximum absolute atomic E-state index is 12.0. The normalized spacial score (nSPS) is 17.5. The van der Waals surface area contributed by atoms with Gasteiger partial charge in [0.25, 0.3) is 5.91 Å². The van der Waals surface area contributed by atoms with Gasteiger partial charge in [-0.2, -0.15) is 0 Å². The molecule has 1 aromatic heterocycles. The number of hydrogen-bond donors (Lipinski definition) is 1. The lowest BCUT2D eigenvalue weighted by Gasteiger charge is -2.19. The van der Waals surface area contributed by atoms with E-state index in [9.17, 15) is 4.79 Å². The molecule has 1 aliphatic rings. The van der Waals surface area contributed by atoms with Crippen LogP contribution in [0.3, 0.4) is 0 Å². The van der Waals surface area contributed by atoms with E-state index in [0.717, 1.165) is 36.7 Å². The van der Waals surface area contributed by atoms with E-state index in [4.69, 9.17) is 4.74 Å². The van der Waals surface area contributed by atoms with E-state index in [0.29, 0.717) is 5.92 Å². The number of thiophene rings is 1. The summed E-state index contributed by atoms with van der Waals surface area (Å²) in [6, 6.07) is 11.9. The number of carbonyl (C=O) groups excluding carboxylic acids is 1. The van der Waals surface area contributed by atoms with Gasteiger partial charge in [0, 0.05) is 25.3 Å². The smallest absolute Gasteiger partial charge is 0.261 e. The summed E-state index contributed by atoms with van der Waals surface area (Å²) in [5.74, 6) is 1.42. The highest BCUT2D eigenvalue weighted by molar-refractivity contribution is 7.12. The lowest BCUT2D eigenvalue weighted by molar-refractivity contribution is 0.0952. The molecule has 0 saturated carbocycles. The highest BCUT2D eigenvalue weighted by Crippen LogP contribution is 2.25. The summed E-state index contributed by atoms with van der Waals surface area (Å²) in [4.78, 5) is 15.1. The molecule has 2 aromatic rings. The minimum Gasteiger partial charge on any atom is -0.497 e. The van der Waals surface area contributed by atoms with Gasteiger partial charge in [0.15, 0.2) is 0 Å². The fourth-order valence-electron chi connectivity index (χ4n) is 2.76. The van der Waals surface area contributed by atoms with Crippen LogP contribution in [0.15, 0.2) is 41.8 Å². The van der Waals surface area contributed by atoms with E-state index in [1.54, 1.807) is 7.11 Å². The van der Waals surface area contributed by atoms with E-state index >= 15 is 0 Å². The number of rotatable bonds is 5. The number of hydrogen-bond acceptors (Lipinski definition) is 4. The average Bonchev–Trinajstić information content (AvgIpc) is 3.24. The molecule has 1 amide bonds. The van der Waals surface area contributed by atoms with Crippen molar-refractivity contribution in [3.63, 3.8) is 0 Å². The van der Waals surface area contributed by atoms with Crippen molar-refractivity contribution in [2.75, 3.05) is 31.6 Å². The highest BCUT2D eigenvalue weighted by atomic mass is 32.1. The molecule has 0 radical (unpaired) electrons. The van der Waals surface area contributed by atoms with E-state index < -0.39 is 0 Å². The summed E-state index contributed by atoms with van der Waals surface area (Å²) >= 11 is 1.48. The monoisotopic (exact) mass is 316 g/mol. The Morgan fingerprint density at radius 3 is 2.86 bits per heavy atom. The molecule has 1 N–H and O–H groups in total. The minimum absolute atomic E-state index is 0.0397. The lowest BCUT2D eigenvalue weighted by Crippen LogP contribution is -2.30. The first kappa shape index (κ1) is 14.9. The molecule has 3 rings (SSSR count). The Labute approximate surface area is 134 Å². The van der Waals surface area contributed by atoms with Crippen molar-refractivity contribution in [1.29, 1.82) is 0 Å². The standard InChI is InChI=1S/C17H20N2O2S/c1-21-15-6-4-14(5-7-15)19-9-8-13(12-19)11-18-17(20)16-3-2-10-22-16/h2-7,10,13H,8-9,11-12H2,1H3,(H,18,20). The van der Waals surface area contributed by atoms with Crippen molar-refractivity contribution in [3.05, 3.63) is 46.7 Å². The quantitative estimate of drug-likeness (QED) is 0.922. The molecule has 1 aromatic carbocycles. The second kappa shape index (κ2) is 6.83. The summed E-state index contributed by atoms with van der Waals surface area (Å²) in [5, 5.41) is 4.97. The first-order valence-electron chi connectivity index (χ1n) is 7.47. The Morgan fingerprint density at radius 1 is 1.36 bits per heavy atom. The summed E-state index contributed by atoms with van der Waals surface area (Å²) in [5.41, 5.74) is 1.22. The number of methoxy groups -OCH3 is 1. The van der Waals surface area contributed by atoms with Crippen LogP contribution in [0.4, 0.5) is 5.69 Å². The number of anilines is 1. The molecule has 5 heteroatoms. The summed E-state index contributed by atoms with van der Waals surface area (Å²) in [6.07, 6.45) is 1.11. The van der Waals surface area contributed by atoms with Crippen molar-refractivity contribution in [2.45, 2.75) is 6.42 Å². The van der Waals surface area contributed by atoms with Crippen LogP contribution < -0.4 is 15.0 Å². The molecule has 1 unspecified atom stereocenters. The zero-order chi connectivity index (χ0) is 15.4. The number of carbonyl (C=O) groups is 1. The zero-order valence-corrected chi connectivity index (χ0v) is 13.4. The predicted molar refractivity (Wildman–Crippen MR) is 90.0 cm³/mol. The van der Waals surface area contributed by atoms with Crippen molar-refractivity contribution in [3.8, 4) is 5.75 Å². The second-order valence-corrected chi connectivity index (χ2v) is 6.43. The van der Waals surface area contributed by atoms with Gasteiger partial charge in [-0.3, -0.25) is 4.79 Å². The van der Waals surface area contributed by atoms with Crippen LogP contribution in [0.1, 0.15) is 16.1 Å². The molecule has 1 atom stereocenters. The summed E-state index contributed by atoms with van der Waals surface area (Å²) in [7, 11) is 1.68. The SMILES string of the molecule is COc1ccc(N2CCC(CNC(=O)c3cccs3)C2)cc1. The number of nitrogens with zero attached hydrogens (tertiary/aromatic N) is 1. The fourth-order valence-corrected chi connectivity index (χ4v) is 3.40. The van der Waals surface area contributed by atoms with Gasteiger partial charge in [-0.05, 0) is 48.1 Å². The molecular weight excluding hydrogens is 296 g/mol. The summed E-state index contributed by atoms with van der Waals surface area (Å²) in [6.45, 7) is 2.76. The van der Waals surface area contributed by atoms with Crippen LogP contribution in [0.5, 0.6) is 5.75 Å². The van der Waals surface area contributed by atoms with Gasteiger partial charge in [0.05, 0.1) is 12.0 Å². The van der Waals surface area contributed by atoms with Crippen molar-refractivity contribution in [1.82, 2.24) is 5.32 Å². The van der Waals surface area contributed by atoms with Gasteiger partial charge in [0.2, 0.25) is 0 Å². The molecule has 0 aliphatic carbocycles. The molecule has 4 nitrogen and oxygen atoms in total. The Balaban J connectivity index is 1.50. The predicted octanol–water partition coefficient (Wildman–Crippen LogP) is 3.01. The maximum Gasteiger partial charge on any atom is 0.261 e. The third-order valence-electron chi connectivity index (χ3n) is 4.02. The first-order chi connectivity index (χ1) is 10.8. The van der Waals surface area contributed by atoms with E-state index in [1.807, 2.05) is 29.6 Å². The van der Waals surface area contributed by atoms with Crippen LogP contribution >= 0.6 is 11.3 Å². The molecular formula is C17H20N2O2S. The van der Waals surface area contributed by atoms with Gasteiger partial charge in [0.1, 0.15) is 5.75 Å². The minimum atomic E-state index is 0.0397. The van der Waals surface area contributed by atoms with Crippen molar-refractivity contribution >= 4 is 22.9 Å². The van der Waals surface area contributed by atoms with E-state index in [-0.39, 0.29) is 5.91 Å². The fraction of sp³-hybridized carbons (Fsp3) is 0.353. The van der Waals surface area contributed by atoms with Gasteiger partial charge < -0.3 is 15.0 Å². The molecule has 2 heterocycles. The third-order valence-corrected chi connectivity index (χ3v) is 4.89. The number of ether oxygens (including phenoxy) is 1. The molecule has 0 spiro atoms. The zero-order valence-electron chi connectivity index (χ0n) is 12.6. The van der Waals surface area contributed by atoms with Crippen LogP contribution in [0, 0.1) is 5.92 Å². The Morgan fingerprint density at radius 2 is 2.18 bits per heavy atom. The molecule has 22 heavy (non-hydrogen) atoms. The van der Waals surface area contributed by atoms with E-state index in [1.165, 1.54) is 17.0 Å². The second-order valence-electron chi connectivity index (χ2n) is 5.49. The molecule has 0 bridgehead atoms. The van der Waals surface area contributed by atoms with Crippen LogP contribution in [-0.4, -0.2) is 32.7 Å². The van der Waals surface area contributed by atoms with Crippen LogP contribution in [0.2, 0.25) is 0 Å². The molecule has 1 saturated heterocycles. The number of amides is 1. The highest BCUT2D eigenvalue weighted by Gasteiger charge is 2.23. The molecule has 1 fully saturated rings. The molecule has 1 aliphatic heterocycles. The van der Waals surface area contributed by atoms with Gasteiger partial charge >= 0.3 is 0 Å². The lowest BCUT2D eigenvalue weighted by atomic mass is 10.1. The first-order valence-corrected chi connectivity index (χ1v) is 8.35. The van der Waals surface area contributed by atoms with Gasteiger partial charge in [-0.15, -0.1) is 11.3 Å². The van der Waals surface area contributed by atoms with Crippen LogP contribution in [0.25, 0.3) is 0 Å². The largest absolute Gasteiger partial charge is 0.497 e. The third kappa shape index (κ3) is 3.42. The van der Waals surface area contributed by atoms with Crippen molar-refractivity contribution in [2.24, 2.45) is 5.92 Å². The molecule has 116 valence electrons. The Hall–Kier alpha value is -2.01. The van der Waals surface area contributed by atoms with Gasteiger partial charge in [-0.1, -0.05) is 6.07 Å². The number of benzene rings is 1. The number of nitrogens with one attached hydrogen (secondary N) is 1. The van der Waals surface area contributed by atoms with Gasteiger partial charge in [-0.25, -0.2) is 0 Å². The maximum atomic E-state index is 12.0. The Kier molecular flexibility index (Phi) is 4.63. The summed E-state index contributed by atoms with van der Waals surface area (Å²) < 4.78 is 5.19. The average molecular weight is 316 g/mol.